The quantitative estimate of drug-likeness (QED) is 0.846. The van der Waals surface area contributed by atoms with E-state index in [1.165, 1.54) is 0 Å². The number of halogens is 1. The molecule has 0 spiro atoms. The van der Waals surface area contributed by atoms with Crippen LogP contribution in [-0.4, -0.2) is 11.3 Å². The normalized spacial score (nSPS) is 11.9. The number of para-hydroxylation sites is 1. The Hall–Kier alpha value is -1.45. The lowest BCUT2D eigenvalue weighted by Gasteiger charge is -2.11. The average Bonchev–Trinajstić information content (AvgIpc) is 2.42. The number of rotatable bonds is 4. The number of anilines is 1. The van der Waals surface area contributed by atoms with Crippen LogP contribution in [0.5, 0.6) is 0 Å². The molecule has 2 rings (SSSR count). The molecule has 98 valence electrons. The number of hydrogen-bond donors (Lipinski definition) is 1. The highest BCUT2D eigenvalue weighted by molar-refractivity contribution is 7.99. The lowest BCUT2D eigenvalue weighted by atomic mass is 10.3. The SMILES string of the molecule is C[C@@H](Cl)C(=O)Nc1ccccc1Sc1ccccc1. The molecule has 0 aliphatic carbocycles. The number of carbonyl (C=O) groups excluding carboxylic acids is 1. The second kappa shape index (κ2) is 6.64. The minimum absolute atomic E-state index is 0.192. The van der Waals surface area contributed by atoms with Crippen LogP contribution >= 0.6 is 23.4 Å². The molecule has 0 aliphatic rings. The van der Waals surface area contributed by atoms with Crippen molar-refractivity contribution in [1.29, 1.82) is 0 Å². The standard InChI is InChI=1S/C15H14ClNOS/c1-11(16)15(18)17-13-9-5-6-10-14(13)19-12-7-3-2-4-8-12/h2-11H,1H3,(H,17,18)/t11-/m1/s1. The van der Waals surface area contributed by atoms with Crippen molar-refractivity contribution < 1.29 is 4.79 Å². The summed E-state index contributed by atoms with van der Waals surface area (Å²) in [7, 11) is 0. The van der Waals surface area contributed by atoms with Gasteiger partial charge in [0.2, 0.25) is 5.91 Å². The fourth-order valence-electron chi connectivity index (χ4n) is 1.51. The predicted octanol–water partition coefficient (Wildman–Crippen LogP) is 4.40. The van der Waals surface area contributed by atoms with Gasteiger partial charge in [-0.1, -0.05) is 42.1 Å². The van der Waals surface area contributed by atoms with Crippen LogP contribution in [0.25, 0.3) is 0 Å². The summed E-state index contributed by atoms with van der Waals surface area (Å²) in [5.74, 6) is -0.192. The number of hydrogen-bond acceptors (Lipinski definition) is 2. The van der Waals surface area contributed by atoms with Gasteiger partial charge in [0.15, 0.2) is 0 Å². The highest BCUT2D eigenvalue weighted by Gasteiger charge is 2.11. The molecule has 0 radical (unpaired) electrons. The van der Waals surface area contributed by atoms with Gasteiger partial charge in [0.05, 0.1) is 5.69 Å². The van der Waals surface area contributed by atoms with Crippen LogP contribution in [-0.2, 0) is 4.79 Å². The van der Waals surface area contributed by atoms with Gasteiger partial charge in [-0.3, -0.25) is 4.79 Å². The topological polar surface area (TPSA) is 29.1 Å². The van der Waals surface area contributed by atoms with Gasteiger partial charge in [-0.25, -0.2) is 0 Å². The van der Waals surface area contributed by atoms with Gasteiger partial charge in [-0.05, 0) is 31.2 Å². The Labute approximate surface area is 122 Å². The third-order valence-electron chi connectivity index (χ3n) is 2.48. The summed E-state index contributed by atoms with van der Waals surface area (Å²) >= 11 is 7.38. The van der Waals surface area contributed by atoms with Crippen LogP contribution in [0.2, 0.25) is 0 Å². The smallest absolute Gasteiger partial charge is 0.242 e. The molecule has 2 aromatic rings. The molecule has 2 nitrogen and oxygen atoms in total. The molecule has 0 saturated heterocycles. The molecule has 4 heteroatoms. The van der Waals surface area contributed by atoms with Crippen LogP contribution in [0, 0.1) is 0 Å². The first-order valence-electron chi connectivity index (χ1n) is 5.93. The Bertz CT molecular complexity index is 557. The lowest BCUT2D eigenvalue weighted by Crippen LogP contribution is -2.20. The first kappa shape index (κ1) is 14.0. The van der Waals surface area contributed by atoms with E-state index in [0.29, 0.717) is 0 Å². The molecule has 1 atom stereocenters. The summed E-state index contributed by atoms with van der Waals surface area (Å²) in [4.78, 5) is 13.8. The van der Waals surface area contributed by atoms with E-state index in [1.807, 2.05) is 54.6 Å². The van der Waals surface area contributed by atoms with Crippen molar-refractivity contribution in [2.24, 2.45) is 0 Å². The van der Waals surface area contributed by atoms with Crippen molar-refractivity contribution in [3.8, 4) is 0 Å². The molecule has 0 heterocycles. The fraction of sp³-hybridized carbons (Fsp3) is 0.133. The molecule has 1 N–H and O–H groups in total. The van der Waals surface area contributed by atoms with Gasteiger partial charge in [-0.2, -0.15) is 0 Å². The van der Waals surface area contributed by atoms with Gasteiger partial charge < -0.3 is 5.32 Å². The number of nitrogens with one attached hydrogen (secondary N) is 1. The maximum absolute atomic E-state index is 11.7. The van der Waals surface area contributed by atoms with Crippen LogP contribution in [0.3, 0.4) is 0 Å². The zero-order chi connectivity index (χ0) is 13.7. The molecule has 0 bridgehead atoms. The van der Waals surface area contributed by atoms with Gasteiger partial charge in [0, 0.05) is 9.79 Å². The van der Waals surface area contributed by atoms with Crippen LogP contribution in [0.15, 0.2) is 64.4 Å². The van der Waals surface area contributed by atoms with Gasteiger partial charge in [0.1, 0.15) is 5.38 Å². The molecule has 0 unspecified atom stereocenters. The Kier molecular flexibility index (Phi) is 4.88. The van der Waals surface area contributed by atoms with E-state index in [1.54, 1.807) is 18.7 Å². The first-order chi connectivity index (χ1) is 9.16. The van der Waals surface area contributed by atoms with Crippen molar-refractivity contribution >= 4 is 35.0 Å². The molecular formula is C15H14ClNOS. The predicted molar refractivity (Wildman–Crippen MR) is 81.0 cm³/mol. The van der Waals surface area contributed by atoms with Gasteiger partial charge >= 0.3 is 0 Å². The summed E-state index contributed by atoms with van der Waals surface area (Å²) in [5, 5.41) is 2.29. The maximum Gasteiger partial charge on any atom is 0.242 e. The van der Waals surface area contributed by atoms with Gasteiger partial charge in [-0.15, -0.1) is 11.6 Å². The van der Waals surface area contributed by atoms with Crippen LogP contribution < -0.4 is 5.32 Å². The summed E-state index contributed by atoms with van der Waals surface area (Å²) in [5.41, 5.74) is 0.786. The molecule has 0 fully saturated rings. The van der Waals surface area contributed by atoms with E-state index in [-0.39, 0.29) is 5.91 Å². The summed E-state index contributed by atoms with van der Waals surface area (Å²) in [6.45, 7) is 1.66. The van der Waals surface area contributed by atoms with Crippen molar-refractivity contribution in [2.45, 2.75) is 22.1 Å². The van der Waals surface area contributed by atoms with E-state index < -0.39 is 5.38 Å². The first-order valence-corrected chi connectivity index (χ1v) is 7.19. The van der Waals surface area contributed by atoms with E-state index >= 15 is 0 Å². The zero-order valence-corrected chi connectivity index (χ0v) is 12.0. The molecule has 19 heavy (non-hydrogen) atoms. The Morgan fingerprint density at radius 3 is 2.42 bits per heavy atom. The molecule has 1 amide bonds. The highest BCUT2D eigenvalue weighted by atomic mass is 35.5. The lowest BCUT2D eigenvalue weighted by molar-refractivity contribution is -0.115. The maximum atomic E-state index is 11.7. The largest absolute Gasteiger partial charge is 0.324 e. The minimum atomic E-state index is -0.546. The van der Waals surface area contributed by atoms with E-state index in [0.717, 1.165) is 15.5 Å². The summed E-state index contributed by atoms with van der Waals surface area (Å²) < 4.78 is 0. The summed E-state index contributed by atoms with van der Waals surface area (Å²) in [6, 6.07) is 17.7. The second-order valence-electron chi connectivity index (χ2n) is 4.02. The third kappa shape index (κ3) is 4.01. The number of amides is 1. The molecule has 0 aliphatic heterocycles. The van der Waals surface area contributed by atoms with Crippen LogP contribution in [0.1, 0.15) is 6.92 Å². The van der Waals surface area contributed by atoms with Crippen molar-refractivity contribution in [2.75, 3.05) is 5.32 Å². The highest BCUT2D eigenvalue weighted by Crippen LogP contribution is 2.33. The summed E-state index contributed by atoms with van der Waals surface area (Å²) in [6.07, 6.45) is 0. The molecule has 0 saturated carbocycles. The Morgan fingerprint density at radius 2 is 1.74 bits per heavy atom. The average molecular weight is 292 g/mol. The van der Waals surface area contributed by atoms with Crippen molar-refractivity contribution in [3.05, 3.63) is 54.6 Å². The van der Waals surface area contributed by atoms with Crippen LogP contribution in [0.4, 0.5) is 5.69 Å². The van der Waals surface area contributed by atoms with Crippen molar-refractivity contribution in [1.82, 2.24) is 0 Å². The number of carbonyl (C=O) groups is 1. The van der Waals surface area contributed by atoms with Gasteiger partial charge in [0.25, 0.3) is 0 Å². The molecule has 0 aromatic heterocycles. The molecule has 2 aromatic carbocycles. The molecular weight excluding hydrogens is 278 g/mol. The second-order valence-corrected chi connectivity index (χ2v) is 5.79. The Balaban J connectivity index is 2.19. The number of alkyl halides is 1. The third-order valence-corrected chi connectivity index (χ3v) is 3.76. The number of benzene rings is 2. The van der Waals surface area contributed by atoms with Crippen molar-refractivity contribution in [3.63, 3.8) is 0 Å². The fourth-order valence-corrected chi connectivity index (χ4v) is 2.48. The van der Waals surface area contributed by atoms with E-state index in [2.05, 4.69) is 5.32 Å². The minimum Gasteiger partial charge on any atom is -0.324 e. The zero-order valence-electron chi connectivity index (χ0n) is 10.5. The van der Waals surface area contributed by atoms with E-state index in [4.69, 9.17) is 11.6 Å². The monoisotopic (exact) mass is 291 g/mol. The Morgan fingerprint density at radius 1 is 1.11 bits per heavy atom. The van der Waals surface area contributed by atoms with E-state index in [9.17, 15) is 4.79 Å².